The third-order valence-corrected chi connectivity index (χ3v) is 16.5. The lowest BCUT2D eigenvalue weighted by Crippen LogP contribution is -2.35. The van der Waals surface area contributed by atoms with Crippen molar-refractivity contribution in [1.82, 2.24) is 0 Å². The van der Waals surface area contributed by atoms with Crippen LogP contribution in [0.1, 0.15) is 13.3 Å². The van der Waals surface area contributed by atoms with Gasteiger partial charge in [-0.25, -0.2) is 0 Å². The fourth-order valence-corrected chi connectivity index (χ4v) is 19.6. The summed E-state index contributed by atoms with van der Waals surface area (Å²) in [6, 6.07) is 0. The second-order valence-electron chi connectivity index (χ2n) is 5.32. The van der Waals surface area contributed by atoms with Crippen molar-refractivity contribution in [2.45, 2.75) is 23.6 Å². The molecule has 0 aromatic rings. The molecule has 0 atom stereocenters. The summed E-state index contributed by atoms with van der Waals surface area (Å²) >= 11 is 0. The third-order valence-electron chi connectivity index (χ3n) is 3.46. The summed E-state index contributed by atoms with van der Waals surface area (Å²) in [7, 11) is 0.737. The van der Waals surface area contributed by atoms with Gasteiger partial charge in [0.1, 0.15) is 0 Å². The standard InChI is InChI=1S/C12H30P4/c1-10-12(15(6)7,16(8)9)11(13(2)3)14(4)5/h11H,10H2,1-9H3. The molecule has 0 aromatic heterocycles. The number of hydrogen-bond acceptors (Lipinski definition) is 0. The average molecular weight is 298 g/mol. The molecule has 16 heavy (non-hydrogen) atoms. The molecule has 0 heterocycles. The quantitative estimate of drug-likeness (QED) is 0.577. The Morgan fingerprint density at radius 1 is 0.750 bits per heavy atom. The van der Waals surface area contributed by atoms with Gasteiger partial charge in [0.15, 0.2) is 0 Å². The Morgan fingerprint density at radius 3 is 1.12 bits per heavy atom. The number of rotatable bonds is 6. The summed E-state index contributed by atoms with van der Waals surface area (Å²) in [6.07, 6.45) is 1.40. The molecule has 0 aliphatic rings. The van der Waals surface area contributed by atoms with Crippen LogP contribution in [0.25, 0.3) is 0 Å². The van der Waals surface area contributed by atoms with E-state index in [9.17, 15) is 0 Å². The normalized spacial score (nSPS) is 13.9. The van der Waals surface area contributed by atoms with E-state index in [1.165, 1.54) is 6.42 Å². The summed E-state index contributed by atoms with van der Waals surface area (Å²) in [4.78, 5) is 0.690. The fraction of sp³-hybridized carbons (Fsp3) is 1.00. The van der Waals surface area contributed by atoms with E-state index >= 15 is 0 Å². The zero-order valence-electron chi connectivity index (χ0n) is 12.6. The predicted octanol–water partition coefficient (Wildman–Crippen LogP) is 5.38. The lowest BCUT2D eigenvalue weighted by Gasteiger charge is -2.51. The predicted molar refractivity (Wildman–Crippen MR) is 91.9 cm³/mol. The monoisotopic (exact) mass is 298 g/mol. The van der Waals surface area contributed by atoms with Crippen LogP contribution in [0.15, 0.2) is 0 Å². The largest absolute Gasteiger partial charge is 0.104 e. The van der Waals surface area contributed by atoms with Crippen LogP contribution in [0, 0.1) is 0 Å². The van der Waals surface area contributed by atoms with Crippen LogP contribution in [0.4, 0.5) is 0 Å². The van der Waals surface area contributed by atoms with Crippen LogP contribution in [-0.2, 0) is 0 Å². The van der Waals surface area contributed by atoms with E-state index in [1.54, 1.807) is 0 Å². The van der Waals surface area contributed by atoms with Gasteiger partial charge in [0, 0.05) is 10.3 Å². The maximum absolute atomic E-state index is 2.52. The Balaban J connectivity index is 5.43. The van der Waals surface area contributed by atoms with E-state index < -0.39 is 0 Å². The molecule has 98 valence electrons. The maximum atomic E-state index is 2.52. The van der Waals surface area contributed by atoms with Crippen molar-refractivity contribution in [3.63, 3.8) is 0 Å². The van der Waals surface area contributed by atoms with Crippen LogP contribution in [0.2, 0.25) is 0 Å². The van der Waals surface area contributed by atoms with E-state index in [-0.39, 0.29) is 31.7 Å². The Morgan fingerprint density at radius 2 is 1.06 bits per heavy atom. The molecular formula is C12H30P4. The Labute approximate surface area is 109 Å². The van der Waals surface area contributed by atoms with E-state index in [1.807, 2.05) is 0 Å². The zero-order chi connectivity index (χ0) is 13.1. The van der Waals surface area contributed by atoms with Crippen LogP contribution >= 0.6 is 31.7 Å². The molecule has 0 unspecified atom stereocenters. The summed E-state index contributed by atoms with van der Waals surface area (Å²) < 4.78 is 0. The highest BCUT2D eigenvalue weighted by molar-refractivity contribution is 7.82. The van der Waals surface area contributed by atoms with Gasteiger partial charge >= 0.3 is 0 Å². The molecule has 0 saturated heterocycles. The molecule has 0 nitrogen and oxygen atoms in total. The van der Waals surface area contributed by atoms with Crippen molar-refractivity contribution in [2.75, 3.05) is 53.3 Å². The van der Waals surface area contributed by atoms with Gasteiger partial charge < -0.3 is 0 Å². The highest BCUT2D eigenvalue weighted by Gasteiger charge is 2.45. The van der Waals surface area contributed by atoms with Crippen molar-refractivity contribution in [2.24, 2.45) is 0 Å². The Kier molecular flexibility index (Phi) is 8.13. The molecule has 4 heteroatoms. The average Bonchev–Trinajstić information content (AvgIpc) is 2.10. The maximum Gasteiger partial charge on any atom is 0.0199 e. The molecule has 0 aliphatic carbocycles. The number of hydrogen-bond donors (Lipinski definition) is 0. The molecule has 0 rings (SSSR count). The summed E-state index contributed by atoms with van der Waals surface area (Å²) in [5.74, 6) is 0. The summed E-state index contributed by atoms with van der Waals surface area (Å²) in [6.45, 7) is 22.5. The van der Waals surface area contributed by atoms with E-state index in [0.717, 1.165) is 5.40 Å². The van der Waals surface area contributed by atoms with Crippen molar-refractivity contribution in [1.29, 1.82) is 0 Å². The van der Waals surface area contributed by atoms with Crippen molar-refractivity contribution in [3.05, 3.63) is 0 Å². The molecule has 0 aromatic carbocycles. The molecule has 0 fully saturated rings. The zero-order valence-corrected chi connectivity index (χ0v) is 16.2. The second-order valence-corrected chi connectivity index (χ2v) is 16.1. The molecule has 0 N–H and O–H groups in total. The molecular weight excluding hydrogens is 268 g/mol. The van der Waals surface area contributed by atoms with Gasteiger partial charge in [-0.1, -0.05) is 6.92 Å². The third kappa shape index (κ3) is 3.61. The van der Waals surface area contributed by atoms with Crippen LogP contribution in [0.5, 0.6) is 0 Å². The first-order valence-electron chi connectivity index (χ1n) is 5.89. The molecule has 0 bridgehead atoms. The Hall–Kier alpha value is 1.72. The van der Waals surface area contributed by atoms with Crippen LogP contribution < -0.4 is 0 Å². The van der Waals surface area contributed by atoms with Gasteiger partial charge in [-0.3, -0.25) is 0 Å². The highest BCUT2D eigenvalue weighted by Crippen LogP contribution is 2.74. The van der Waals surface area contributed by atoms with Gasteiger partial charge in [0.05, 0.1) is 0 Å². The first-order valence-corrected chi connectivity index (χ1v) is 15.0. The highest BCUT2D eigenvalue weighted by atomic mass is 31.2. The smallest absolute Gasteiger partial charge is 0.0199 e. The minimum Gasteiger partial charge on any atom is -0.104 e. The molecule has 0 saturated carbocycles. The van der Waals surface area contributed by atoms with Gasteiger partial charge in [-0.2, -0.15) is 0 Å². The van der Waals surface area contributed by atoms with Gasteiger partial charge in [-0.15, -0.1) is 31.7 Å². The molecule has 0 aliphatic heterocycles. The lowest BCUT2D eigenvalue weighted by atomic mass is 10.3. The van der Waals surface area contributed by atoms with Crippen molar-refractivity contribution >= 4 is 31.7 Å². The van der Waals surface area contributed by atoms with E-state index in [0.29, 0.717) is 4.90 Å². The molecule has 0 spiro atoms. The SMILES string of the molecule is CCC(C(P(C)C)P(C)C)(P(C)C)P(C)C. The minimum atomic E-state index is 0.169. The fourth-order valence-electron chi connectivity index (χ4n) is 2.97. The van der Waals surface area contributed by atoms with Crippen molar-refractivity contribution in [3.8, 4) is 0 Å². The molecule has 0 radical (unpaired) electrons. The topological polar surface area (TPSA) is 0 Å². The summed E-state index contributed by atoms with van der Waals surface area (Å²) in [5.41, 5.74) is 0. The lowest BCUT2D eigenvalue weighted by molar-refractivity contribution is 0.798. The van der Waals surface area contributed by atoms with Crippen molar-refractivity contribution < 1.29 is 0 Å². The first kappa shape index (κ1) is 17.7. The van der Waals surface area contributed by atoms with Gasteiger partial charge in [0.2, 0.25) is 0 Å². The van der Waals surface area contributed by atoms with Gasteiger partial charge in [-0.05, 0) is 59.7 Å². The van der Waals surface area contributed by atoms with Gasteiger partial charge in [0.25, 0.3) is 0 Å². The first-order chi connectivity index (χ1) is 7.21. The van der Waals surface area contributed by atoms with E-state index in [2.05, 4.69) is 60.2 Å². The van der Waals surface area contributed by atoms with E-state index in [4.69, 9.17) is 0 Å². The Bertz CT molecular complexity index is 183. The minimum absolute atomic E-state index is 0.169. The second kappa shape index (κ2) is 7.34. The molecule has 0 amide bonds. The van der Waals surface area contributed by atoms with Crippen LogP contribution in [0.3, 0.4) is 0 Å². The summed E-state index contributed by atoms with van der Waals surface area (Å²) in [5, 5.41) is 1.02. The van der Waals surface area contributed by atoms with Crippen LogP contribution in [-0.4, -0.2) is 63.6 Å².